The van der Waals surface area contributed by atoms with E-state index >= 15 is 0 Å². The molecule has 0 bridgehead atoms. The van der Waals surface area contributed by atoms with Crippen LogP contribution in [0.3, 0.4) is 0 Å². The molecule has 0 unspecified atom stereocenters. The minimum atomic E-state index is -0.185. The van der Waals surface area contributed by atoms with Gasteiger partial charge >= 0.3 is 0 Å². The van der Waals surface area contributed by atoms with Crippen LogP contribution in [0.15, 0.2) is 48.8 Å². The highest BCUT2D eigenvalue weighted by Gasteiger charge is 2.12. The minimum absolute atomic E-state index is 0.185. The first-order valence-electron chi connectivity index (χ1n) is 7.51. The third-order valence-corrected chi connectivity index (χ3v) is 3.75. The van der Waals surface area contributed by atoms with Gasteiger partial charge in [0.1, 0.15) is 5.75 Å². The summed E-state index contributed by atoms with van der Waals surface area (Å²) in [6, 6.07) is 13.2. The number of hydrogen-bond donors (Lipinski definition) is 1. The fraction of sp³-hybridized carbons (Fsp3) is 0.222. The van der Waals surface area contributed by atoms with Crippen molar-refractivity contribution in [2.75, 3.05) is 12.4 Å². The van der Waals surface area contributed by atoms with E-state index in [0.29, 0.717) is 23.0 Å². The van der Waals surface area contributed by atoms with Gasteiger partial charge in [0.25, 0.3) is 5.91 Å². The first-order chi connectivity index (χ1) is 11.1. The summed E-state index contributed by atoms with van der Waals surface area (Å²) < 4.78 is 7.33. The van der Waals surface area contributed by atoms with E-state index in [2.05, 4.69) is 28.7 Å². The number of carbonyl (C=O) groups excluding carboxylic acids is 1. The van der Waals surface area contributed by atoms with Gasteiger partial charge in [0.2, 0.25) is 0 Å². The number of rotatable bonds is 4. The van der Waals surface area contributed by atoms with Gasteiger partial charge in [-0.2, -0.15) is 0 Å². The van der Waals surface area contributed by atoms with Gasteiger partial charge in [-0.25, -0.2) is 4.98 Å². The van der Waals surface area contributed by atoms with E-state index in [9.17, 15) is 4.79 Å². The van der Waals surface area contributed by atoms with Crippen LogP contribution in [0.5, 0.6) is 5.75 Å². The fourth-order valence-corrected chi connectivity index (χ4v) is 2.53. The Balaban J connectivity index is 1.89. The lowest BCUT2D eigenvalue weighted by atomic mass is 10.1. The largest absolute Gasteiger partial charge is 0.495 e. The number of carbonyl (C=O) groups is 1. The second kappa shape index (κ2) is 6.12. The standard InChI is InChI=1S/C18H19N3O2/c1-12(2)21-11-19-15-10-13(8-9-16(15)21)18(22)20-14-6-4-5-7-17(14)23-3/h4-12H,1-3H3,(H,20,22). The lowest BCUT2D eigenvalue weighted by Crippen LogP contribution is -2.12. The van der Waals surface area contributed by atoms with Gasteiger partial charge in [-0.3, -0.25) is 4.79 Å². The number of benzene rings is 2. The lowest BCUT2D eigenvalue weighted by Gasteiger charge is -2.10. The van der Waals surface area contributed by atoms with E-state index in [1.165, 1.54) is 0 Å². The van der Waals surface area contributed by atoms with Gasteiger partial charge in [-0.05, 0) is 44.2 Å². The van der Waals surface area contributed by atoms with Crippen LogP contribution < -0.4 is 10.1 Å². The monoisotopic (exact) mass is 309 g/mol. The Labute approximate surface area is 134 Å². The summed E-state index contributed by atoms with van der Waals surface area (Å²) in [6.45, 7) is 4.20. The first kappa shape index (κ1) is 15.1. The molecular weight excluding hydrogens is 290 g/mol. The molecule has 3 rings (SSSR count). The molecular formula is C18H19N3O2. The van der Waals surface area contributed by atoms with Gasteiger partial charge in [-0.15, -0.1) is 0 Å². The van der Waals surface area contributed by atoms with Crippen molar-refractivity contribution >= 4 is 22.6 Å². The number of anilines is 1. The van der Waals surface area contributed by atoms with E-state index < -0.39 is 0 Å². The highest BCUT2D eigenvalue weighted by molar-refractivity contribution is 6.06. The van der Waals surface area contributed by atoms with Crippen molar-refractivity contribution in [3.05, 3.63) is 54.4 Å². The highest BCUT2D eigenvalue weighted by atomic mass is 16.5. The molecule has 5 heteroatoms. The Morgan fingerprint density at radius 2 is 2.00 bits per heavy atom. The predicted molar refractivity (Wildman–Crippen MR) is 91.1 cm³/mol. The molecule has 118 valence electrons. The van der Waals surface area contributed by atoms with Crippen molar-refractivity contribution in [2.24, 2.45) is 0 Å². The number of imidazole rings is 1. The molecule has 0 aliphatic rings. The van der Waals surface area contributed by atoms with Gasteiger partial charge in [0.05, 0.1) is 30.2 Å². The van der Waals surface area contributed by atoms with Crippen molar-refractivity contribution in [2.45, 2.75) is 19.9 Å². The molecule has 0 saturated heterocycles. The van der Waals surface area contributed by atoms with Crippen molar-refractivity contribution in [1.29, 1.82) is 0 Å². The SMILES string of the molecule is COc1ccccc1NC(=O)c1ccc2c(c1)ncn2C(C)C. The van der Waals surface area contributed by atoms with Gasteiger partial charge in [0, 0.05) is 11.6 Å². The molecule has 0 saturated carbocycles. The smallest absolute Gasteiger partial charge is 0.255 e. The Bertz CT molecular complexity index is 852. The van der Waals surface area contributed by atoms with Crippen LogP contribution in [-0.2, 0) is 0 Å². The van der Waals surface area contributed by atoms with Crippen LogP contribution in [-0.4, -0.2) is 22.6 Å². The zero-order chi connectivity index (χ0) is 16.4. The summed E-state index contributed by atoms with van der Waals surface area (Å²) >= 11 is 0. The number of aromatic nitrogens is 2. The summed E-state index contributed by atoms with van der Waals surface area (Å²) in [5, 5.41) is 2.87. The number of nitrogens with one attached hydrogen (secondary N) is 1. The van der Waals surface area contributed by atoms with Gasteiger partial charge in [-0.1, -0.05) is 12.1 Å². The number of amides is 1. The van der Waals surface area contributed by atoms with Crippen LogP contribution in [0.4, 0.5) is 5.69 Å². The van der Waals surface area contributed by atoms with E-state index in [-0.39, 0.29) is 5.91 Å². The summed E-state index contributed by atoms with van der Waals surface area (Å²) in [7, 11) is 1.58. The molecule has 0 fully saturated rings. The molecule has 1 aromatic heterocycles. The Morgan fingerprint density at radius 1 is 1.22 bits per heavy atom. The molecule has 0 radical (unpaired) electrons. The summed E-state index contributed by atoms with van der Waals surface area (Å²) in [6.07, 6.45) is 1.80. The third-order valence-electron chi connectivity index (χ3n) is 3.75. The number of nitrogens with zero attached hydrogens (tertiary/aromatic N) is 2. The van der Waals surface area contributed by atoms with E-state index in [1.807, 2.05) is 36.4 Å². The fourth-order valence-electron chi connectivity index (χ4n) is 2.53. The quantitative estimate of drug-likeness (QED) is 0.795. The average Bonchev–Trinajstić information content (AvgIpc) is 2.98. The van der Waals surface area contributed by atoms with Crippen molar-refractivity contribution in [1.82, 2.24) is 9.55 Å². The zero-order valence-electron chi connectivity index (χ0n) is 13.4. The molecule has 1 amide bonds. The Morgan fingerprint density at radius 3 is 2.74 bits per heavy atom. The van der Waals surface area contributed by atoms with E-state index in [1.54, 1.807) is 19.5 Å². The molecule has 1 N–H and O–H groups in total. The number of fused-ring (bicyclic) bond motifs is 1. The maximum Gasteiger partial charge on any atom is 0.255 e. The Kier molecular flexibility index (Phi) is 4.02. The number of para-hydroxylation sites is 2. The van der Waals surface area contributed by atoms with Crippen LogP contribution >= 0.6 is 0 Å². The Hall–Kier alpha value is -2.82. The number of methoxy groups -OCH3 is 1. The molecule has 0 aliphatic heterocycles. The van der Waals surface area contributed by atoms with Gasteiger partial charge < -0.3 is 14.6 Å². The van der Waals surface area contributed by atoms with Crippen LogP contribution in [0.25, 0.3) is 11.0 Å². The molecule has 2 aromatic carbocycles. The summed E-state index contributed by atoms with van der Waals surface area (Å²) in [5.41, 5.74) is 3.05. The van der Waals surface area contributed by atoms with E-state index in [4.69, 9.17) is 4.74 Å². The molecule has 1 heterocycles. The summed E-state index contributed by atoms with van der Waals surface area (Å²) in [5.74, 6) is 0.446. The highest BCUT2D eigenvalue weighted by Crippen LogP contribution is 2.24. The lowest BCUT2D eigenvalue weighted by molar-refractivity contribution is 0.102. The van der Waals surface area contributed by atoms with Crippen LogP contribution in [0.1, 0.15) is 30.2 Å². The topological polar surface area (TPSA) is 56.1 Å². The van der Waals surface area contributed by atoms with Gasteiger partial charge in [0.15, 0.2) is 0 Å². The van der Waals surface area contributed by atoms with Crippen molar-refractivity contribution in [3.63, 3.8) is 0 Å². The molecule has 0 spiro atoms. The normalized spacial score (nSPS) is 11.0. The number of ether oxygens (including phenoxy) is 1. The molecule has 0 atom stereocenters. The average molecular weight is 309 g/mol. The van der Waals surface area contributed by atoms with E-state index in [0.717, 1.165) is 11.0 Å². The molecule has 0 aliphatic carbocycles. The van der Waals surface area contributed by atoms with Crippen LogP contribution in [0, 0.1) is 0 Å². The number of hydrogen-bond acceptors (Lipinski definition) is 3. The maximum atomic E-state index is 12.5. The predicted octanol–water partition coefficient (Wildman–Crippen LogP) is 3.88. The van der Waals surface area contributed by atoms with Crippen molar-refractivity contribution < 1.29 is 9.53 Å². The van der Waals surface area contributed by atoms with Crippen LogP contribution in [0.2, 0.25) is 0 Å². The second-order valence-electron chi connectivity index (χ2n) is 5.60. The molecule has 23 heavy (non-hydrogen) atoms. The minimum Gasteiger partial charge on any atom is -0.495 e. The second-order valence-corrected chi connectivity index (χ2v) is 5.60. The van der Waals surface area contributed by atoms with Crippen molar-refractivity contribution in [3.8, 4) is 5.75 Å². The third kappa shape index (κ3) is 2.90. The summed E-state index contributed by atoms with van der Waals surface area (Å²) in [4.78, 5) is 16.8. The zero-order valence-corrected chi connectivity index (χ0v) is 13.4. The molecule has 5 nitrogen and oxygen atoms in total. The molecule has 3 aromatic rings. The maximum absolute atomic E-state index is 12.5. The first-order valence-corrected chi connectivity index (χ1v) is 7.51.